The zero-order valence-electron chi connectivity index (χ0n) is 17.5. The fourth-order valence-corrected chi connectivity index (χ4v) is 4.38. The van der Waals surface area contributed by atoms with Gasteiger partial charge in [0.05, 0.1) is 57.0 Å². The van der Waals surface area contributed by atoms with Gasteiger partial charge in [0.1, 0.15) is 5.75 Å². The highest BCUT2D eigenvalue weighted by molar-refractivity contribution is 5.75. The van der Waals surface area contributed by atoms with Gasteiger partial charge in [-0.25, -0.2) is 0 Å². The lowest BCUT2D eigenvalue weighted by molar-refractivity contribution is -0.905. The number of nitrogens with one attached hydrogen (secondary N) is 2. The average molecular weight is 431 g/mol. The highest BCUT2D eigenvalue weighted by atomic mass is 35.5. The minimum Gasteiger partial charge on any atom is -1.00 e. The van der Waals surface area contributed by atoms with Crippen molar-refractivity contribution < 1.29 is 27.2 Å². The molecule has 1 aliphatic rings. The summed E-state index contributed by atoms with van der Waals surface area (Å²) in [4.78, 5) is 1.64. The van der Waals surface area contributed by atoms with Crippen molar-refractivity contribution in [2.24, 2.45) is 0 Å². The molecule has 1 atom stereocenters. The zero-order chi connectivity index (χ0) is 20.2. The average Bonchev–Trinajstić information content (AvgIpc) is 3.04. The Morgan fingerprint density at radius 2 is 1.63 bits per heavy atom. The van der Waals surface area contributed by atoms with Gasteiger partial charge >= 0.3 is 0 Å². The number of ether oxygens (including phenoxy) is 1. The molecule has 1 unspecified atom stereocenters. The highest BCUT2D eigenvalue weighted by Crippen LogP contribution is 2.21. The van der Waals surface area contributed by atoms with Gasteiger partial charge in [0.2, 0.25) is 5.62 Å². The lowest BCUT2D eigenvalue weighted by atomic mass is 10.1. The van der Waals surface area contributed by atoms with E-state index in [1.54, 1.807) is 12.0 Å². The van der Waals surface area contributed by atoms with Gasteiger partial charge in [-0.2, -0.15) is 0 Å². The summed E-state index contributed by atoms with van der Waals surface area (Å²) in [5, 5.41) is 19.6. The van der Waals surface area contributed by atoms with Crippen LogP contribution < -0.4 is 27.7 Å². The third-order valence-corrected chi connectivity index (χ3v) is 6.08. The Morgan fingerprint density at radius 3 is 2.27 bits per heavy atom. The number of methoxy groups -OCH3 is 1. The quantitative estimate of drug-likeness (QED) is 0.438. The highest BCUT2D eigenvalue weighted by Gasteiger charge is 2.18. The van der Waals surface area contributed by atoms with Crippen molar-refractivity contribution in [1.29, 1.82) is 5.41 Å². The molecule has 3 aromatic rings. The van der Waals surface area contributed by atoms with E-state index in [9.17, 15) is 5.11 Å². The number of halogens is 1. The van der Waals surface area contributed by atoms with Crippen molar-refractivity contribution in [3.8, 4) is 5.75 Å². The molecule has 2 aromatic carbocycles. The molecule has 1 fully saturated rings. The van der Waals surface area contributed by atoms with E-state index in [0.29, 0.717) is 12.2 Å². The molecule has 6 nitrogen and oxygen atoms in total. The molecular formula is C23H31ClN4O2. The molecule has 30 heavy (non-hydrogen) atoms. The number of hydrogen-bond donors (Lipinski definition) is 3. The topological polar surface area (TPSA) is 67.6 Å². The van der Waals surface area contributed by atoms with Gasteiger partial charge in [-0.05, 0) is 49.1 Å². The van der Waals surface area contributed by atoms with Crippen molar-refractivity contribution in [2.75, 3.05) is 26.7 Å². The Kier molecular flexibility index (Phi) is 7.58. The number of aliphatic hydroxyl groups is 1. The second-order valence-corrected chi connectivity index (χ2v) is 7.92. The maximum Gasteiger partial charge on any atom is 0.203 e. The van der Waals surface area contributed by atoms with Gasteiger partial charge in [0.15, 0.2) is 0 Å². The standard InChI is InChI=1S/C23H30N4O2.ClH/c1-29-19-11-9-18(10-12-19)22(28)17-27-21-8-4-3-7-20(21)26(23(27)24)16-15-25-13-5-2-6-14-25;/h3-4,7-12,22,24,28H,2,5-6,13-17H2,1H3;1H. The number of fused-ring (bicyclic) bond motifs is 1. The van der Waals surface area contributed by atoms with Gasteiger partial charge in [-0.1, -0.05) is 24.3 Å². The van der Waals surface area contributed by atoms with E-state index < -0.39 is 6.10 Å². The van der Waals surface area contributed by atoms with Gasteiger partial charge < -0.3 is 36.3 Å². The third kappa shape index (κ3) is 4.72. The monoisotopic (exact) mass is 430 g/mol. The summed E-state index contributed by atoms with van der Waals surface area (Å²) in [7, 11) is 1.63. The molecule has 0 amide bonds. The summed E-state index contributed by atoms with van der Waals surface area (Å²) < 4.78 is 9.22. The Bertz CT molecular complexity index is 1010. The summed E-state index contributed by atoms with van der Waals surface area (Å²) >= 11 is 0. The molecule has 1 saturated heterocycles. The van der Waals surface area contributed by atoms with Crippen LogP contribution in [0.15, 0.2) is 48.5 Å². The number of imidazole rings is 1. The smallest absolute Gasteiger partial charge is 0.203 e. The molecule has 162 valence electrons. The SMILES string of the molecule is COc1ccc(C(O)Cn2c(=N)n(CC[NH+]3CCCCC3)c3ccccc32)cc1.[Cl-]. The number of hydrogen-bond acceptors (Lipinski definition) is 3. The first-order chi connectivity index (χ1) is 14.2. The first-order valence-electron chi connectivity index (χ1n) is 10.6. The predicted octanol–water partition coefficient (Wildman–Crippen LogP) is -1.26. The summed E-state index contributed by atoms with van der Waals surface area (Å²) in [6.07, 6.45) is 3.29. The van der Waals surface area contributed by atoms with Crippen molar-refractivity contribution in [1.82, 2.24) is 9.13 Å². The van der Waals surface area contributed by atoms with Crippen LogP contribution in [0.5, 0.6) is 5.75 Å². The number of aromatic nitrogens is 2. The predicted molar refractivity (Wildman–Crippen MR) is 113 cm³/mol. The number of benzene rings is 2. The van der Waals surface area contributed by atoms with E-state index >= 15 is 0 Å². The minimum absolute atomic E-state index is 0. The molecule has 0 bridgehead atoms. The number of aliphatic hydroxyl groups excluding tert-OH is 1. The Morgan fingerprint density at radius 1 is 1.00 bits per heavy atom. The summed E-state index contributed by atoms with van der Waals surface area (Å²) in [5.41, 5.74) is 3.34. The molecule has 7 heteroatoms. The van der Waals surface area contributed by atoms with Crippen LogP contribution in [0.4, 0.5) is 0 Å². The van der Waals surface area contributed by atoms with Gasteiger partial charge in [0, 0.05) is 0 Å². The molecule has 0 spiro atoms. The number of piperidine rings is 1. The first-order valence-corrected chi connectivity index (χ1v) is 10.6. The van der Waals surface area contributed by atoms with Crippen LogP contribution in [0.1, 0.15) is 30.9 Å². The van der Waals surface area contributed by atoms with Crippen molar-refractivity contribution in [3.05, 3.63) is 59.7 Å². The Labute approximate surface area is 183 Å². The van der Waals surface area contributed by atoms with E-state index in [0.717, 1.165) is 35.4 Å². The third-order valence-electron chi connectivity index (χ3n) is 6.08. The van der Waals surface area contributed by atoms with Crippen LogP contribution >= 0.6 is 0 Å². The van der Waals surface area contributed by atoms with Crippen LogP contribution in [0.2, 0.25) is 0 Å². The van der Waals surface area contributed by atoms with Crippen LogP contribution in [-0.2, 0) is 13.1 Å². The first kappa shape index (κ1) is 22.4. The van der Waals surface area contributed by atoms with Crippen molar-refractivity contribution >= 4 is 11.0 Å². The van der Waals surface area contributed by atoms with E-state index in [-0.39, 0.29) is 12.4 Å². The van der Waals surface area contributed by atoms with Crippen molar-refractivity contribution in [3.63, 3.8) is 0 Å². The van der Waals surface area contributed by atoms with E-state index in [1.165, 1.54) is 32.4 Å². The normalized spacial score (nSPS) is 15.7. The number of nitrogens with zero attached hydrogens (tertiary/aromatic N) is 2. The fraction of sp³-hybridized carbons (Fsp3) is 0.435. The maximum absolute atomic E-state index is 10.8. The molecule has 4 rings (SSSR count). The maximum atomic E-state index is 10.8. The number of rotatable bonds is 7. The van der Waals surface area contributed by atoms with E-state index in [4.69, 9.17) is 10.1 Å². The molecule has 0 aliphatic carbocycles. The van der Waals surface area contributed by atoms with Crippen molar-refractivity contribution in [2.45, 2.75) is 38.5 Å². The number of likely N-dealkylation sites (tertiary alicyclic amines) is 1. The molecule has 3 N–H and O–H groups in total. The lowest BCUT2D eigenvalue weighted by Gasteiger charge is -2.23. The largest absolute Gasteiger partial charge is 1.00 e. The van der Waals surface area contributed by atoms with Crippen LogP contribution in [0.25, 0.3) is 11.0 Å². The molecule has 0 radical (unpaired) electrons. The number of quaternary nitrogens is 1. The van der Waals surface area contributed by atoms with Crippen LogP contribution in [0, 0.1) is 5.41 Å². The molecular weight excluding hydrogens is 400 g/mol. The minimum atomic E-state index is -0.679. The zero-order valence-corrected chi connectivity index (χ0v) is 18.2. The molecule has 1 aromatic heterocycles. The Balaban J connectivity index is 0.00000256. The molecule has 1 aliphatic heterocycles. The summed E-state index contributed by atoms with van der Waals surface area (Å²) in [5.74, 6) is 0.770. The number of para-hydroxylation sites is 2. The molecule has 0 saturated carbocycles. The van der Waals surface area contributed by atoms with E-state index in [1.807, 2.05) is 47.0 Å². The summed E-state index contributed by atoms with van der Waals surface area (Å²) in [6.45, 7) is 4.71. The van der Waals surface area contributed by atoms with E-state index in [2.05, 4.69) is 10.6 Å². The van der Waals surface area contributed by atoms with Gasteiger partial charge in [-0.3, -0.25) is 5.41 Å². The second kappa shape index (κ2) is 10.2. The Hall–Kier alpha value is -2.28. The second-order valence-electron chi connectivity index (χ2n) is 7.92. The lowest BCUT2D eigenvalue weighted by Crippen LogP contribution is -3.13. The van der Waals surface area contributed by atoms with Crippen LogP contribution in [0.3, 0.4) is 0 Å². The summed E-state index contributed by atoms with van der Waals surface area (Å²) in [6, 6.07) is 15.6. The fourth-order valence-electron chi connectivity index (χ4n) is 4.38. The van der Waals surface area contributed by atoms with Gasteiger partial charge in [-0.15, -0.1) is 0 Å². The molecule has 2 heterocycles. The van der Waals surface area contributed by atoms with Gasteiger partial charge in [0.25, 0.3) is 0 Å². The van der Waals surface area contributed by atoms with Crippen LogP contribution in [-0.4, -0.2) is 41.0 Å².